The second-order valence-corrected chi connectivity index (χ2v) is 5.66. The van der Waals surface area contributed by atoms with Gasteiger partial charge < -0.3 is 15.0 Å². The highest BCUT2D eigenvalue weighted by Gasteiger charge is 2.10. The van der Waals surface area contributed by atoms with Gasteiger partial charge >= 0.3 is 0 Å². The number of methoxy groups -OCH3 is 1. The maximum absolute atomic E-state index is 5.14. The van der Waals surface area contributed by atoms with Gasteiger partial charge in [0.15, 0.2) is 0 Å². The molecule has 1 N–H and O–H groups in total. The molecule has 0 atom stereocenters. The number of hydrogen-bond donors (Lipinski definition) is 1. The Labute approximate surface area is 117 Å². The second-order valence-electron chi connectivity index (χ2n) is 5.66. The van der Waals surface area contributed by atoms with E-state index in [1.807, 2.05) is 0 Å². The van der Waals surface area contributed by atoms with Crippen LogP contribution in [0.25, 0.3) is 0 Å². The molecule has 1 heterocycles. The van der Waals surface area contributed by atoms with Crippen LogP contribution in [-0.2, 0) is 11.3 Å². The summed E-state index contributed by atoms with van der Waals surface area (Å²) in [4.78, 5) is 6.93. The van der Waals surface area contributed by atoms with Crippen molar-refractivity contribution < 1.29 is 4.74 Å². The Morgan fingerprint density at radius 3 is 2.63 bits per heavy atom. The number of rotatable bonds is 7. The Morgan fingerprint density at radius 1 is 1.32 bits per heavy atom. The lowest BCUT2D eigenvalue weighted by Gasteiger charge is -2.23. The van der Waals surface area contributed by atoms with Gasteiger partial charge in [-0.3, -0.25) is 0 Å². The van der Waals surface area contributed by atoms with E-state index >= 15 is 0 Å². The third-order valence-electron chi connectivity index (χ3n) is 2.86. The predicted molar refractivity (Wildman–Crippen MR) is 80.6 cm³/mol. The largest absolute Gasteiger partial charge is 0.383 e. The molecule has 0 saturated heterocycles. The summed E-state index contributed by atoms with van der Waals surface area (Å²) >= 11 is 0. The van der Waals surface area contributed by atoms with Crippen molar-refractivity contribution in [3.05, 3.63) is 23.9 Å². The van der Waals surface area contributed by atoms with Crippen LogP contribution in [-0.4, -0.2) is 37.3 Å². The highest BCUT2D eigenvalue weighted by Crippen LogP contribution is 2.12. The Balaban J connectivity index is 2.69. The number of nitrogens with one attached hydrogen (secondary N) is 1. The molecular formula is C15H27N3O. The van der Waals surface area contributed by atoms with Gasteiger partial charge in [0.05, 0.1) is 12.3 Å². The SMILES string of the molecule is CCN(CCOC)c1cccc(CNC(C)(C)C)n1. The first-order valence-corrected chi connectivity index (χ1v) is 6.91. The fourth-order valence-corrected chi connectivity index (χ4v) is 1.73. The zero-order valence-electron chi connectivity index (χ0n) is 12.9. The minimum absolute atomic E-state index is 0.109. The maximum Gasteiger partial charge on any atom is 0.128 e. The van der Waals surface area contributed by atoms with E-state index in [1.54, 1.807) is 7.11 Å². The Bertz CT molecular complexity index is 374. The number of hydrogen-bond acceptors (Lipinski definition) is 4. The lowest BCUT2D eigenvalue weighted by molar-refractivity contribution is 0.205. The average molecular weight is 265 g/mol. The molecule has 0 spiro atoms. The number of pyridine rings is 1. The van der Waals surface area contributed by atoms with Crippen molar-refractivity contribution in [2.45, 2.75) is 39.8 Å². The van der Waals surface area contributed by atoms with Gasteiger partial charge in [-0.05, 0) is 39.8 Å². The fourth-order valence-electron chi connectivity index (χ4n) is 1.73. The van der Waals surface area contributed by atoms with Crippen LogP contribution < -0.4 is 10.2 Å². The zero-order valence-corrected chi connectivity index (χ0v) is 12.9. The van der Waals surface area contributed by atoms with Crippen LogP contribution in [0.5, 0.6) is 0 Å². The van der Waals surface area contributed by atoms with E-state index in [-0.39, 0.29) is 5.54 Å². The Kier molecular flexibility index (Phi) is 6.25. The second kappa shape index (κ2) is 7.46. The number of nitrogens with zero attached hydrogens (tertiary/aromatic N) is 2. The summed E-state index contributed by atoms with van der Waals surface area (Å²) in [7, 11) is 1.73. The van der Waals surface area contributed by atoms with Gasteiger partial charge in [0.25, 0.3) is 0 Å². The monoisotopic (exact) mass is 265 g/mol. The van der Waals surface area contributed by atoms with Crippen LogP contribution in [0.15, 0.2) is 18.2 Å². The fraction of sp³-hybridized carbons (Fsp3) is 0.667. The van der Waals surface area contributed by atoms with Gasteiger partial charge in [0.1, 0.15) is 5.82 Å². The van der Waals surface area contributed by atoms with Gasteiger partial charge in [-0.25, -0.2) is 4.98 Å². The Hall–Kier alpha value is -1.13. The number of likely N-dealkylation sites (N-methyl/N-ethyl adjacent to an activating group) is 1. The number of ether oxygens (including phenoxy) is 1. The summed E-state index contributed by atoms with van der Waals surface area (Å²) < 4.78 is 5.14. The van der Waals surface area contributed by atoms with E-state index in [2.05, 4.69) is 56.1 Å². The predicted octanol–water partition coefficient (Wildman–Crippen LogP) is 2.44. The first-order valence-electron chi connectivity index (χ1n) is 6.91. The van der Waals surface area contributed by atoms with Crippen molar-refractivity contribution >= 4 is 5.82 Å². The molecule has 0 bridgehead atoms. The third-order valence-corrected chi connectivity index (χ3v) is 2.86. The first kappa shape index (κ1) is 15.9. The number of anilines is 1. The lowest BCUT2D eigenvalue weighted by atomic mass is 10.1. The summed E-state index contributed by atoms with van der Waals surface area (Å²) in [5, 5.41) is 3.46. The minimum atomic E-state index is 0.109. The molecule has 108 valence electrons. The topological polar surface area (TPSA) is 37.4 Å². The molecule has 0 aromatic carbocycles. The molecule has 0 aliphatic rings. The standard InChI is InChI=1S/C15H27N3O/c1-6-18(10-11-19-5)14-9-7-8-13(17-14)12-16-15(2,3)4/h7-9,16H,6,10-12H2,1-5H3. The molecule has 0 fully saturated rings. The van der Waals surface area contributed by atoms with E-state index in [0.717, 1.165) is 37.8 Å². The molecule has 4 heteroatoms. The van der Waals surface area contributed by atoms with Crippen LogP contribution in [0, 0.1) is 0 Å². The summed E-state index contributed by atoms with van der Waals surface area (Å²) in [6.45, 7) is 11.9. The molecule has 0 aliphatic heterocycles. The van der Waals surface area contributed by atoms with Crippen LogP contribution >= 0.6 is 0 Å². The quantitative estimate of drug-likeness (QED) is 0.821. The Morgan fingerprint density at radius 2 is 2.05 bits per heavy atom. The summed E-state index contributed by atoms with van der Waals surface area (Å²) in [5.41, 5.74) is 1.18. The average Bonchev–Trinajstić information content (AvgIpc) is 2.37. The molecule has 0 aliphatic carbocycles. The first-order chi connectivity index (χ1) is 8.96. The lowest BCUT2D eigenvalue weighted by Crippen LogP contribution is -2.35. The van der Waals surface area contributed by atoms with Crippen LogP contribution in [0.4, 0.5) is 5.82 Å². The molecule has 0 radical (unpaired) electrons. The highest BCUT2D eigenvalue weighted by molar-refractivity contribution is 5.39. The van der Waals surface area contributed by atoms with Gasteiger partial charge in [-0.1, -0.05) is 6.07 Å². The summed E-state index contributed by atoms with van der Waals surface area (Å²) in [5.74, 6) is 1.02. The van der Waals surface area contributed by atoms with E-state index in [1.165, 1.54) is 0 Å². The van der Waals surface area contributed by atoms with Gasteiger partial charge in [-0.2, -0.15) is 0 Å². The van der Waals surface area contributed by atoms with E-state index in [9.17, 15) is 0 Å². The molecule has 0 saturated carbocycles. The summed E-state index contributed by atoms with van der Waals surface area (Å²) in [6.07, 6.45) is 0. The molecular weight excluding hydrogens is 238 g/mol. The van der Waals surface area contributed by atoms with Crippen LogP contribution in [0.2, 0.25) is 0 Å². The van der Waals surface area contributed by atoms with E-state index in [4.69, 9.17) is 9.72 Å². The van der Waals surface area contributed by atoms with Crippen molar-refractivity contribution in [2.24, 2.45) is 0 Å². The molecule has 1 aromatic rings. The minimum Gasteiger partial charge on any atom is -0.383 e. The van der Waals surface area contributed by atoms with Gasteiger partial charge in [0, 0.05) is 32.3 Å². The van der Waals surface area contributed by atoms with Crippen molar-refractivity contribution in [1.29, 1.82) is 0 Å². The summed E-state index contributed by atoms with van der Waals surface area (Å²) in [6, 6.07) is 6.18. The molecule has 0 amide bonds. The maximum atomic E-state index is 5.14. The molecule has 4 nitrogen and oxygen atoms in total. The van der Waals surface area contributed by atoms with Gasteiger partial charge in [-0.15, -0.1) is 0 Å². The van der Waals surface area contributed by atoms with Gasteiger partial charge in [0.2, 0.25) is 0 Å². The van der Waals surface area contributed by atoms with Crippen molar-refractivity contribution in [2.75, 3.05) is 31.7 Å². The smallest absolute Gasteiger partial charge is 0.128 e. The molecule has 0 unspecified atom stereocenters. The highest BCUT2D eigenvalue weighted by atomic mass is 16.5. The van der Waals surface area contributed by atoms with E-state index in [0.29, 0.717) is 0 Å². The molecule has 19 heavy (non-hydrogen) atoms. The molecule has 1 aromatic heterocycles. The van der Waals surface area contributed by atoms with Crippen LogP contribution in [0.3, 0.4) is 0 Å². The molecule has 1 rings (SSSR count). The zero-order chi connectivity index (χ0) is 14.3. The normalized spacial score (nSPS) is 11.6. The van der Waals surface area contributed by atoms with Crippen molar-refractivity contribution in [3.8, 4) is 0 Å². The third kappa shape index (κ3) is 6.03. The van der Waals surface area contributed by atoms with Crippen molar-refractivity contribution in [1.82, 2.24) is 10.3 Å². The van der Waals surface area contributed by atoms with E-state index < -0.39 is 0 Å². The van der Waals surface area contributed by atoms with Crippen molar-refractivity contribution in [3.63, 3.8) is 0 Å². The van der Waals surface area contributed by atoms with Crippen LogP contribution in [0.1, 0.15) is 33.4 Å². The number of aromatic nitrogens is 1.